The fourth-order valence-electron chi connectivity index (χ4n) is 3.16. The number of benzene rings is 3. The average Bonchev–Trinajstić information content (AvgIpc) is 2.74. The number of carbonyl (C=O) groups is 1. The van der Waals surface area contributed by atoms with Gasteiger partial charge >= 0.3 is 0 Å². The van der Waals surface area contributed by atoms with Crippen LogP contribution >= 0.6 is 12.2 Å². The SMILES string of the molecule is COc1ccc(NC(=O)c2ccc3c(=O)n(-c4ccccc4F)c(=S)[nH]c3c2)cc1F. The zero-order valence-corrected chi connectivity index (χ0v) is 16.9. The molecule has 0 saturated heterocycles. The van der Waals surface area contributed by atoms with E-state index in [0.29, 0.717) is 5.52 Å². The molecule has 0 spiro atoms. The van der Waals surface area contributed by atoms with Crippen LogP contribution in [0, 0.1) is 16.4 Å². The third-order valence-corrected chi connectivity index (χ3v) is 4.95. The number of methoxy groups -OCH3 is 1. The summed E-state index contributed by atoms with van der Waals surface area (Å²) in [6, 6.07) is 14.2. The van der Waals surface area contributed by atoms with Crippen molar-refractivity contribution in [1.29, 1.82) is 0 Å². The second kappa shape index (κ2) is 8.11. The Hall–Kier alpha value is -3.85. The van der Waals surface area contributed by atoms with Gasteiger partial charge in [0.25, 0.3) is 11.5 Å². The van der Waals surface area contributed by atoms with E-state index in [1.54, 1.807) is 6.07 Å². The third kappa shape index (κ3) is 3.82. The van der Waals surface area contributed by atoms with Crippen molar-refractivity contribution in [3.05, 3.63) is 93.0 Å². The molecule has 1 aromatic heterocycles. The van der Waals surface area contributed by atoms with Gasteiger partial charge in [-0.2, -0.15) is 0 Å². The monoisotopic (exact) mass is 439 g/mol. The van der Waals surface area contributed by atoms with E-state index in [1.165, 1.54) is 55.6 Å². The number of carbonyl (C=O) groups excluding carboxylic acids is 1. The van der Waals surface area contributed by atoms with Crippen LogP contribution in [0.5, 0.6) is 5.75 Å². The smallest absolute Gasteiger partial charge is 0.266 e. The Morgan fingerprint density at radius 2 is 1.84 bits per heavy atom. The number of H-pyrrole nitrogens is 1. The number of anilines is 1. The minimum atomic E-state index is -0.614. The van der Waals surface area contributed by atoms with Crippen molar-refractivity contribution in [3.8, 4) is 11.4 Å². The van der Waals surface area contributed by atoms with Crippen LogP contribution in [0.25, 0.3) is 16.6 Å². The van der Waals surface area contributed by atoms with Crippen molar-refractivity contribution < 1.29 is 18.3 Å². The van der Waals surface area contributed by atoms with Crippen molar-refractivity contribution in [2.45, 2.75) is 0 Å². The molecule has 6 nitrogen and oxygen atoms in total. The van der Waals surface area contributed by atoms with Crippen LogP contribution in [0.2, 0.25) is 0 Å². The largest absolute Gasteiger partial charge is 0.494 e. The minimum absolute atomic E-state index is 0.0163. The summed E-state index contributed by atoms with van der Waals surface area (Å²) >= 11 is 5.25. The molecule has 0 radical (unpaired) electrons. The lowest BCUT2D eigenvalue weighted by molar-refractivity contribution is 0.102. The topological polar surface area (TPSA) is 76.1 Å². The van der Waals surface area contributed by atoms with E-state index in [1.807, 2.05) is 0 Å². The molecule has 2 N–H and O–H groups in total. The van der Waals surface area contributed by atoms with Crippen LogP contribution in [0.1, 0.15) is 10.4 Å². The number of ether oxygens (including phenoxy) is 1. The number of hydrogen-bond donors (Lipinski definition) is 2. The normalized spacial score (nSPS) is 10.8. The van der Waals surface area contributed by atoms with Crippen LogP contribution in [0.15, 0.2) is 65.5 Å². The molecule has 0 aliphatic rings. The second-order valence-corrected chi connectivity index (χ2v) is 6.97. The minimum Gasteiger partial charge on any atom is -0.494 e. The number of hydrogen-bond acceptors (Lipinski definition) is 4. The van der Waals surface area contributed by atoms with E-state index < -0.39 is 23.1 Å². The fourth-order valence-corrected chi connectivity index (χ4v) is 3.45. The molecule has 4 aromatic rings. The number of para-hydroxylation sites is 1. The van der Waals surface area contributed by atoms with Gasteiger partial charge in [0.1, 0.15) is 5.82 Å². The lowest BCUT2D eigenvalue weighted by Crippen LogP contribution is -2.22. The second-order valence-electron chi connectivity index (χ2n) is 6.59. The number of halogens is 2. The van der Waals surface area contributed by atoms with Gasteiger partial charge in [0.15, 0.2) is 16.3 Å². The molecule has 31 heavy (non-hydrogen) atoms. The van der Waals surface area contributed by atoms with Gasteiger partial charge in [-0.25, -0.2) is 13.3 Å². The van der Waals surface area contributed by atoms with E-state index in [-0.39, 0.29) is 32.8 Å². The molecule has 4 rings (SSSR count). The predicted octanol–water partition coefficient (Wildman–Crippen LogP) is 4.59. The molecular formula is C22H15F2N3O3S. The Balaban J connectivity index is 1.72. The molecule has 0 unspecified atom stereocenters. The van der Waals surface area contributed by atoms with Gasteiger partial charge in [-0.1, -0.05) is 12.1 Å². The molecule has 0 fully saturated rings. The van der Waals surface area contributed by atoms with E-state index in [4.69, 9.17) is 17.0 Å². The van der Waals surface area contributed by atoms with Crippen molar-refractivity contribution in [3.63, 3.8) is 0 Å². The maximum absolute atomic E-state index is 14.2. The number of fused-ring (bicyclic) bond motifs is 1. The van der Waals surface area contributed by atoms with Gasteiger partial charge in [0.2, 0.25) is 0 Å². The Morgan fingerprint density at radius 1 is 1.06 bits per heavy atom. The maximum Gasteiger partial charge on any atom is 0.266 e. The van der Waals surface area contributed by atoms with Gasteiger partial charge in [-0.05, 0) is 54.7 Å². The molecule has 1 amide bonds. The standard InChI is InChI=1S/C22H15F2N3O3S/c1-30-19-9-7-13(11-16(19)24)25-20(28)12-6-8-14-17(10-12)26-22(31)27(21(14)29)18-5-3-2-4-15(18)23/h2-11H,1H3,(H,25,28)(H,26,31). The summed E-state index contributed by atoms with van der Waals surface area (Å²) in [6.45, 7) is 0. The number of aromatic nitrogens is 2. The Kier molecular flexibility index (Phi) is 5.35. The number of aromatic amines is 1. The molecule has 3 aromatic carbocycles. The first-order valence-electron chi connectivity index (χ1n) is 9.08. The van der Waals surface area contributed by atoms with Gasteiger partial charge in [0, 0.05) is 17.3 Å². The van der Waals surface area contributed by atoms with Crippen LogP contribution in [-0.4, -0.2) is 22.6 Å². The summed E-state index contributed by atoms with van der Waals surface area (Å²) in [6.07, 6.45) is 0. The zero-order chi connectivity index (χ0) is 22.1. The third-order valence-electron chi connectivity index (χ3n) is 4.66. The highest BCUT2D eigenvalue weighted by Gasteiger charge is 2.14. The molecule has 9 heteroatoms. The van der Waals surface area contributed by atoms with E-state index in [9.17, 15) is 18.4 Å². The van der Waals surface area contributed by atoms with Crippen LogP contribution in [0.3, 0.4) is 0 Å². The van der Waals surface area contributed by atoms with Crippen molar-refractivity contribution in [1.82, 2.24) is 9.55 Å². The van der Waals surface area contributed by atoms with Crippen molar-refractivity contribution in [2.24, 2.45) is 0 Å². The summed E-state index contributed by atoms with van der Waals surface area (Å²) in [7, 11) is 1.34. The first-order chi connectivity index (χ1) is 14.9. The fraction of sp³-hybridized carbons (Fsp3) is 0.0455. The highest BCUT2D eigenvalue weighted by atomic mass is 32.1. The number of amides is 1. The highest BCUT2D eigenvalue weighted by molar-refractivity contribution is 7.71. The van der Waals surface area contributed by atoms with E-state index in [2.05, 4.69) is 10.3 Å². The Morgan fingerprint density at radius 3 is 2.55 bits per heavy atom. The summed E-state index contributed by atoms with van der Waals surface area (Å²) in [5.74, 6) is -1.66. The van der Waals surface area contributed by atoms with Crippen molar-refractivity contribution >= 4 is 34.7 Å². The molecular weight excluding hydrogens is 424 g/mol. The predicted molar refractivity (Wildman–Crippen MR) is 116 cm³/mol. The number of nitrogens with zero attached hydrogens (tertiary/aromatic N) is 1. The first-order valence-corrected chi connectivity index (χ1v) is 9.49. The Labute approximate surface area is 179 Å². The molecule has 156 valence electrons. The lowest BCUT2D eigenvalue weighted by Gasteiger charge is -2.10. The van der Waals surface area contributed by atoms with E-state index in [0.717, 1.165) is 10.6 Å². The Bertz CT molecular complexity index is 1450. The summed E-state index contributed by atoms with van der Waals surface area (Å²) < 4.78 is 33.9. The van der Waals surface area contributed by atoms with Crippen LogP contribution in [0.4, 0.5) is 14.5 Å². The lowest BCUT2D eigenvalue weighted by atomic mass is 10.1. The average molecular weight is 439 g/mol. The molecule has 0 atom stereocenters. The highest BCUT2D eigenvalue weighted by Crippen LogP contribution is 2.22. The molecule has 0 bridgehead atoms. The zero-order valence-electron chi connectivity index (χ0n) is 16.1. The molecule has 0 aliphatic carbocycles. The number of nitrogens with one attached hydrogen (secondary N) is 2. The van der Waals surface area contributed by atoms with Gasteiger partial charge < -0.3 is 15.0 Å². The number of rotatable bonds is 4. The van der Waals surface area contributed by atoms with E-state index >= 15 is 0 Å². The van der Waals surface area contributed by atoms with Crippen LogP contribution < -0.4 is 15.6 Å². The van der Waals surface area contributed by atoms with Gasteiger partial charge in [-0.15, -0.1) is 0 Å². The summed E-state index contributed by atoms with van der Waals surface area (Å²) in [5, 5.41) is 2.81. The van der Waals surface area contributed by atoms with Crippen molar-refractivity contribution in [2.75, 3.05) is 12.4 Å². The van der Waals surface area contributed by atoms with Gasteiger partial charge in [0.05, 0.1) is 23.7 Å². The van der Waals surface area contributed by atoms with Gasteiger partial charge in [-0.3, -0.25) is 9.59 Å². The molecule has 1 heterocycles. The summed E-state index contributed by atoms with van der Waals surface area (Å²) in [4.78, 5) is 28.4. The quantitative estimate of drug-likeness (QED) is 0.456. The molecule has 0 aliphatic heterocycles. The molecule has 0 saturated carbocycles. The first kappa shape index (κ1) is 20.4. The maximum atomic E-state index is 14.2. The van der Waals surface area contributed by atoms with Crippen LogP contribution in [-0.2, 0) is 0 Å². The summed E-state index contributed by atoms with van der Waals surface area (Å²) in [5.41, 5.74) is 0.284.